The van der Waals surface area contributed by atoms with Crippen LogP contribution < -0.4 is 9.46 Å². The number of ether oxygens (including phenoxy) is 1. The summed E-state index contributed by atoms with van der Waals surface area (Å²) in [5.41, 5.74) is 0.724. The fourth-order valence-corrected chi connectivity index (χ4v) is 2.72. The standard InChI is InChI=1S/C10H11NO5S/c12-10(13)6-17(14,15)11-8-5-16-9-4-2-1-3-7(8)9/h1-4,8,11H,5-6H2,(H,12,13). The van der Waals surface area contributed by atoms with Gasteiger partial charge in [-0.05, 0) is 6.07 Å². The van der Waals surface area contributed by atoms with Gasteiger partial charge in [0.05, 0.1) is 6.04 Å². The molecule has 1 aromatic carbocycles. The molecule has 7 heteroatoms. The molecule has 0 aliphatic carbocycles. The van der Waals surface area contributed by atoms with Crippen LogP contribution in [0.25, 0.3) is 0 Å². The summed E-state index contributed by atoms with van der Waals surface area (Å²) in [6, 6.07) is 6.52. The van der Waals surface area contributed by atoms with Crippen molar-refractivity contribution in [2.75, 3.05) is 12.4 Å². The van der Waals surface area contributed by atoms with Crippen molar-refractivity contribution in [3.8, 4) is 5.75 Å². The van der Waals surface area contributed by atoms with E-state index < -0.39 is 27.8 Å². The van der Waals surface area contributed by atoms with Crippen molar-refractivity contribution >= 4 is 16.0 Å². The molecular weight excluding hydrogens is 246 g/mol. The van der Waals surface area contributed by atoms with Crippen molar-refractivity contribution in [3.63, 3.8) is 0 Å². The van der Waals surface area contributed by atoms with E-state index in [-0.39, 0.29) is 6.61 Å². The summed E-state index contributed by atoms with van der Waals surface area (Å²) in [5, 5.41) is 8.47. The van der Waals surface area contributed by atoms with E-state index in [2.05, 4.69) is 4.72 Å². The molecule has 0 saturated heterocycles. The minimum atomic E-state index is -3.84. The molecule has 0 saturated carbocycles. The predicted molar refractivity (Wildman–Crippen MR) is 59.2 cm³/mol. The maximum atomic E-state index is 11.5. The molecule has 0 fully saturated rings. The summed E-state index contributed by atoms with van der Waals surface area (Å²) in [7, 11) is -3.84. The van der Waals surface area contributed by atoms with Gasteiger partial charge in [-0.3, -0.25) is 4.79 Å². The molecule has 2 N–H and O–H groups in total. The van der Waals surface area contributed by atoms with E-state index in [1.165, 1.54) is 0 Å². The molecule has 1 heterocycles. The molecule has 1 aliphatic rings. The Balaban J connectivity index is 2.15. The molecular formula is C10H11NO5S. The van der Waals surface area contributed by atoms with E-state index >= 15 is 0 Å². The van der Waals surface area contributed by atoms with E-state index in [9.17, 15) is 13.2 Å². The number of carbonyl (C=O) groups is 1. The number of sulfonamides is 1. The third kappa shape index (κ3) is 2.75. The summed E-state index contributed by atoms with van der Waals surface area (Å²) in [6.45, 7) is 0.179. The van der Waals surface area contributed by atoms with Crippen molar-refractivity contribution in [3.05, 3.63) is 29.8 Å². The Bertz CT molecular complexity index is 539. The van der Waals surface area contributed by atoms with E-state index in [0.717, 1.165) is 5.56 Å². The zero-order valence-electron chi connectivity index (χ0n) is 8.79. The zero-order valence-corrected chi connectivity index (χ0v) is 9.61. The minimum absolute atomic E-state index is 0.179. The number of benzene rings is 1. The molecule has 0 spiro atoms. The van der Waals surface area contributed by atoms with Crippen LogP contribution in [0.15, 0.2) is 24.3 Å². The Kier molecular flexibility index (Phi) is 3.03. The molecule has 1 atom stereocenters. The maximum Gasteiger partial charge on any atom is 0.320 e. The predicted octanol–water partition coefficient (Wildman–Crippen LogP) is 0.124. The van der Waals surface area contributed by atoms with Crippen molar-refractivity contribution < 1.29 is 23.1 Å². The lowest BCUT2D eigenvalue weighted by molar-refractivity contribution is -0.134. The highest BCUT2D eigenvalue weighted by atomic mass is 32.2. The summed E-state index contributed by atoms with van der Waals surface area (Å²) in [5.74, 6) is -1.70. The quantitative estimate of drug-likeness (QED) is 0.799. The van der Waals surface area contributed by atoms with E-state index in [1.807, 2.05) is 0 Å². The Hall–Kier alpha value is -1.60. The van der Waals surface area contributed by atoms with Crippen LogP contribution in [0.4, 0.5) is 0 Å². The highest BCUT2D eigenvalue weighted by Crippen LogP contribution is 2.31. The van der Waals surface area contributed by atoms with E-state index in [1.54, 1.807) is 24.3 Å². The number of rotatable bonds is 4. The van der Waals surface area contributed by atoms with Gasteiger partial charge in [-0.2, -0.15) is 0 Å². The van der Waals surface area contributed by atoms with Crippen LogP contribution in [-0.2, 0) is 14.8 Å². The normalized spacial score (nSPS) is 18.5. The average molecular weight is 257 g/mol. The molecule has 1 unspecified atom stereocenters. The first-order valence-electron chi connectivity index (χ1n) is 4.91. The number of carboxylic acids is 1. The average Bonchev–Trinajstić information content (AvgIpc) is 2.59. The van der Waals surface area contributed by atoms with Gasteiger partial charge in [-0.1, -0.05) is 18.2 Å². The number of carboxylic acid groups (broad SMARTS) is 1. The molecule has 0 radical (unpaired) electrons. The third-order valence-electron chi connectivity index (χ3n) is 2.34. The number of hydrogen-bond acceptors (Lipinski definition) is 4. The minimum Gasteiger partial charge on any atom is -0.491 e. The molecule has 1 aliphatic heterocycles. The zero-order chi connectivity index (χ0) is 12.5. The van der Waals surface area contributed by atoms with Gasteiger partial charge < -0.3 is 9.84 Å². The van der Waals surface area contributed by atoms with Gasteiger partial charge in [-0.15, -0.1) is 0 Å². The highest BCUT2D eigenvalue weighted by molar-refractivity contribution is 7.90. The number of para-hydroxylation sites is 1. The Labute approximate surface area is 98.3 Å². The van der Waals surface area contributed by atoms with Crippen LogP contribution in [0.2, 0.25) is 0 Å². The van der Waals surface area contributed by atoms with Crippen LogP contribution in [0, 0.1) is 0 Å². The van der Waals surface area contributed by atoms with Crippen molar-refractivity contribution in [1.82, 2.24) is 4.72 Å². The van der Waals surface area contributed by atoms with Gasteiger partial charge in [0, 0.05) is 5.56 Å². The fourth-order valence-electron chi connectivity index (χ4n) is 1.68. The first-order chi connectivity index (χ1) is 7.98. The lowest BCUT2D eigenvalue weighted by Gasteiger charge is -2.10. The maximum absolute atomic E-state index is 11.5. The van der Waals surface area contributed by atoms with Crippen LogP contribution in [0.1, 0.15) is 11.6 Å². The van der Waals surface area contributed by atoms with Crippen molar-refractivity contribution in [2.24, 2.45) is 0 Å². The summed E-state index contributed by atoms with van der Waals surface area (Å²) in [6.07, 6.45) is 0. The van der Waals surface area contributed by atoms with Gasteiger partial charge >= 0.3 is 5.97 Å². The van der Waals surface area contributed by atoms with Gasteiger partial charge in [0.25, 0.3) is 0 Å². The summed E-state index contributed by atoms with van der Waals surface area (Å²) < 4.78 is 30.5. The first kappa shape index (κ1) is 11.9. The molecule has 0 bridgehead atoms. The Morgan fingerprint density at radius 1 is 1.47 bits per heavy atom. The smallest absolute Gasteiger partial charge is 0.320 e. The van der Waals surface area contributed by atoms with E-state index in [0.29, 0.717) is 5.75 Å². The number of fused-ring (bicyclic) bond motifs is 1. The Morgan fingerprint density at radius 3 is 2.88 bits per heavy atom. The lowest BCUT2D eigenvalue weighted by atomic mass is 10.1. The molecule has 17 heavy (non-hydrogen) atoms. The van der Waals surface area contributed by atoms with Crippen LogP contribution >= 0.6 is 0 Å². The molecule has 2 rings (SSSR count). The second kappa shape index (κ2) is 4.34. The second-order valence-corrected chi connectivity index (χ2v) is 5.43. The Morgan fingerprint density at radius 2 is 2.18 bits per heavy atom. The molecule has 1 aromatic rings. The van der Waals surface area contributed by atoms with Gasteiger partial charge in [0.15, 0.2) is 5.75 Å². The van der Waals surface area contributed by atoms with Gasteiger partial charge in [0.2, 0.25) is 10.0 Å². The highest BCUT2D eigenvalue weighted by Gasteiger charge is 2.28. The van der Waals surface area contributed by atoms with Gasteiger partial charge in [-0.25, -0.2) is 13.1 Å². The first-order valence-corrected chi connectivity index (χ1v) is 6.57. The third-order valence-corrected chi connectivity index (χ3v) is 3.61. The van der Waals surface area contributed by atoms with Crippen LogP contribution in [0.5, 0.6) is 5.75 Å². The number of nitrogens with one attached hydrogen (secondary N) is 1. The molecule has 6 nitrogen and oxygen atoms in total. The van der Waals surface area contributed by atoms with Crippen molar-refractivity contribution in [2.45, 2.75) is 6.04 Å². The molecule has 0 amide bonds. The van der Waals surface area contributed by atoms with Crippen LogP contribution in [-0.4, -0.2) is 31.9 Å². The SMILES string of the molecule is O=C(O)CS(=O)(=O)NC1COc2ccccc21. The largest absolute Gasteiger partial charge is 0.491 e. The number of hydrogen-bond donors (Lipinski definition) is 2. The summed E-state index contributed by atoms with van der Waals surface area (Å²) >= 11 is 0. The number of aliphatic carboxylic acids is 1. The van der Waals surface area contributed by atoms with Crippen molar-refractivity contribution in [1.29, 1.82) is 0 Å². The van der Waals surface area contributed by atoms with Gasteiger partial charge in [0.1, 0.15) is 12.4 Å². The molecule has 0 aromatic heterocycles. The van der Waals surface area contributed by atoms with E-state index in [4.69, 9.17) is 9.84 Å². The monoisotopic (exact) mass is 257 g/mol. The lowest BCUT2D eigenvalue weighted by Crippen LogP contribution is -2.33. The fraction of sp³-hybridized carbons (Fsp3) is 0.300. The summed E-state index contributed by atoms with van der Waals surface area (Å²) in [4.78, 5) is 10.4. The van der Waals surface area contributed by atoms with Crippen LogP contribution in [0.3, 0.4) is 0 Å². The second-order valence-electron chi connectivity index (χ2n) is 3.67. The topological polar surface area (TPSA) is 92.7 Å². The molecule has 92 valence electrons.